The van der Waals surface area contributed by atoms with Crippen molar-refractivity contribution in [2.75, 3.05) is 5.73 Å². The highest BCUT2D eigenvalue weighted by Gasteiger charge is 2.38. The van der Waals surface area contributed by atoms with Crippen molar-refractivity contribution in [3.8, 4) is 0 Å². The molecule has 0 spiro atoms. The van der Waals surface area contributed by atoms with Crippen molar-refractivity contribution in [3.05, 3.63) is 29.3 Å². The van der Waals surface area contributed by atoms with Crippen molar-refractivity contribution in [2.24, 2.45) is 5.92 Å². The van der Waals surface area contributed by atoms with Crippen LogP contribution in [0.4, 0.5) is 5.69 Å². The molecule has 0 aromatic heterocycles. The van der Waals surface area contributed by atoms with E-state index in [0.29, 0.717) is 5.41 Å². The molecule has 0 saturated carbocycles. The van der Waals surface area contributed by atoms with Crippen LogP contribution in [0.5, 0.6) is 0 Å². The SMILES string of the molecule is CCC1Cc2c(N)cccc2C1(C)C. The van der Waals surface area contributed by atoms with Gasteiger partial charge in [0, 0.05) is 5.69 Å². The summed E-state index contributed by atoms with van der Waals surface area (Å²) in [5.41, 5.74) is 10.1. The van der Waals surface area contributed by atoms with Crippen LogP contribution in [0, 0.1) is 5.92 Å². The molecule has 0 fully saturated rings. The maximum Gasteiger partial charge on any atom is 0.0349 e. The van der Waals surface area contributed by atoms with Crippen LogP contribution < -0.4 is 5.73 Å². The highest BCUT2D eigenvalue weighted by atomic mass is 14.6. The molecule has 1 unspecified atom stereocenters. The van der Waals surface area contributed by atoms with E-state index in [4.69, 9.17) is 5.73 Å². The van der Waals surface area contributed by atoms with Crippen molar-refractivity contribution in [2.45, 2.75) is 39.0 Å². The highest BCUT2D eigenvalue weighted by Crippen LogP contribution is 2.46. The molecule has 1 aromatic carbocycles. The second-order valence-corrected chi connectivity index (χ2v) is 4.90. The van der Waals surface area contributed by atoms with Gasteiger partial charge in [0.05, 0.1) is 0 Å². The standard InChI is InChI=1S/C13H19N/c1-4-9-8-10-11(13(9,2)3)6-5-7-12(10)14/h5-7,9H,4,8,14H2,1-3H3. The lowest BCUT2D eigenvalue weighted by atomic mass is 9.77. The van der Waals surface area contributed by atoms with Crippen molar-refractivity contribution >= 4 is 5.69 Å². The fourth-order valence-corrected chi connectivity index (χ4v) is 2.81. The minimum atomic E-state index is 0.305. The van der Waals surface area contributed by atoms with Crippen LogP contribution >= 0.6 is 0 Å². The lowest BCUT2D eigenvalue weighted by Gasteiger charge is -2.27. The van der Waals surface area contributed by atoms with Gasteiger partial charge in [-0.1, -0.05) is 39.3 Å². The Labute approximate surface area is 86.3 Å². The molecule has 1 aliphatic carbocycles. The van der Waals surface area contributed by atoms with E-state index in [0.717, 1.165) is 18.0 Å². The predicted molar refractivity (Wildman–Crippen MR) is 61.4 cm³/mol. The van der Waals surface area contributed by atoms with Gasteiger partial charge in [-0.3, -0.25) is 0 Å². The zero-order valence-corrected chi connectivity index (χ0v) is 9.30. The normalized spacial score (nSPS) is 23.5. The molecule has 0 saturated heterocycles. The summed E-state index contributed by atoms with van der Waals surface area (Å²) in [6.45, 7) is 6.95. The van der Waals surface area contributed by atoms with Gasteiger partial charge in [-0.05, 0) is 34.9 Å². The molecule has 76 valence electrons. The van der Waals surface area contributed by atoms with Crippen molar-refractivity contribution in [1.82, 2.24) is 0 Å². The maximum absolute atomic E-state index is 6.01. The van der Waals surface area contributed by atoms with E-state index in [9.17, 15) is 0 Å². The molecular formula is C13H19N. The molecule has 2 N–H and O–H groups in total. The van der Waals surface area contributed by atoms with Gasteiger partial charge in [0.2, 0.25) is 0 Å². The minimum absolute atomic E-state index is 0.305. The fraction of sp³-hybridized carbons (Fsp3) is 0.538. The van der Waals surface area contributed by atoms with Crippen LogP contribution in [-0.2, 0) is 11.8 Å². The van der Waals surface area contributed by atoms with Gasteiger partial charge < -0.3 is 5.73 Å². The third-order valence-corrected chi connectivity index (χ3v) is 3.87. The Kier molecular flexibility index (Phi) is 2.06. The minimum Gasteiger partial charge on any atom is -0.398 e. The maximum atomic E-state index is 6.01. The van der Waals surface area contributed by atoms with E-state index >= 15 is 0 Å². The Balaban J connectivity index is 2.54. The first-order chi connectivity index (χ1) is 6.57. The largest absolute Gasteiger partial charge is 0.398 e. The Hall–Kier alpha value is -0.980. The molecule has 1 aliphatic rings. The number of nitrogen functional groups attached to an aromatic ring is 1. The summed E-state index contributed by atoms with van der Waals surface area (Å²) in [7, 11) is 0. The van der Waals surface area contributed by atoms with Gasteiger partial charge >= 0.3 is 0 Å². The van der Waals surface area contributed by atoms with Crippen LogP contribution in [0.2, 0.25) is 0 Å². The van der Waals surface area contributed by atoms with Crippen LogP contribution in [-0.4, -0.2) is 0 Å². The second-order valence-electron chi connectivity index (χ2n) is 4.90. The Morgan fingerprint density at radius 2 is 2.14 bits per heavy atom. The van der Waals surface area contributed by atoms with E-state index in [1.54, 1.807) is 0 Å². The van der Waals surface area contributed by atoms with E-state index in [1.165, 1.54) is 17.5 Å². The number of anilines is 1. The van der Waals surface area contributed by atoms with E-state index < -0.39 is 0 Å². The third kappa shape index (κ3) is 1.15. The number of nitrogens with two attached hydrogens (primary N) is 1. The van der Waals surface area contributed by atoms with Crippen LogP contribution in [0.25, 0.3) is 0 Å². The summed E-state index contributed by atoms with van der Waals surface area (Å²) in [6.07, 6.45) is 2.40. The van der Waals surface area contributed by atoms with Gasteiger partial charge in [0.25, 0.3) is 0 Å². The molecule has 0 bridgehead atoms. The lowest BCUT2D eigenvalue weighted by molar-refractivity contribution is 0.339. The summed E-state index contributed by atoms with van der Waals surface area (Å²) in [4.78, 5) is 0. The molecule has 1 aromatic rings. The number of rotatable bonds is 1. The molecule has 0 amide bonds. The average Bonchev–Trinajstić information content (AvgIpc) is 2.40. The molecule has 0 aliphatic heterocycles. The van der Waals surface area contributed by atoms with Crippen LogP contribution in [0.15, 0.2) is 18.2 Å². The van der Waals surface area contributed by atoms with Crippen molar-refractivity contribution in [3.63, 3.8) is 0 Å². The lowest BCUT2D eigenvalue weighted by Crippen LogP contribution is -2.23. The van der Waals surface area contributed by atoms with E-state index in [-0.39, 0.29) is 0 Å². The number of benzene rings is 1. The Bertz CT molecular complexity index is 352. The highest BCUT2D eigenvalue weighted by molar-refractivity contribution is 5.56. The molecule has 14 heavy (non-hydrogen) atoms. The summed E-state index contributed by atoms with van der Waals surface area (Å²) in [5.74, 6) is 0.752. The first kappa shape index (κ1) is 9.57. The first-order valence-corrected chi connectivity index (χ1v) is 5.45. The van der Waals surface area contributed by atoms with Crippen molar-refractivity contribution in [1.29, 1.82) is 0 Å². The molecule has 1 atom stereocenters. The number of hydrogen-bond donors (Lipinski definition) is 1. The average molecular weight is 189 g/mol. The fourth-order valence-electron chi connectivity index (χ4n) is 2.81. The van der Waals surface area contributed by atoms with Gasteiger partial charge in [-0.15, -0.1) is 0 Å². The summed E-state index contributed by atoms with van der Waals surface area (Å²) in [6, 6.07) is 6.34. The van der Waals surface area contributed by atoms with E-state index in [2.05, 4.69) is 32.9 Å². The topological polar surface area (TPSA) is 26.0 Å². The summed E-state index contributed by atoms with van der Waals surface area (Å²) < 4.78 is 0. The van der Waals surface area contributed by atoms with Gasteiger partial charge in [0.1, 0.15) is 0 Å². The molecule has 0 radical (unpaired) electrons. The zero-order valence-electron chi connectivity index (χ0n) is 9.30. The number of hydrogen-bond acceptors (Lipinski definition) is 1. The monoisotopic (exact) mass is 189 g/mol. The van der Waals surface area contributed by atoms with Crippen LogP contribution in [0.1, 0.15) is 38.3 Å². The predicted octanol–water partition coefficient (Wildman–Crippen LogP) is 3.13. The Morgan fingerprint density at radius 3 is 2.71 bits per heavy atom. The third-order valence-electron chi connectivity index (χ3n) is 3.87. The molecular weight excluding hydrogens is 170 g/mol. The van der Waals surface area contributed by atoms with Crippen LogP contribution in [0.3, 0.4) is 0 Å². The molecule has 1 nitrogen and oxygen atoms in total. The smallest absolute Gasteiger partial charge is 0.0349 e. The molecule has 0 heterocycles. The summed E-state index contributed by atoms with van der Waals surface area (Å²) in [5, 5.41) is 0. The van der Waals surface area contributed by atoms with E-state index in [1.807, 2.05) is 6.07 Å². The summed E-state index contributed by atoms with van der Waals surface area (Å²) >= 11 is 0. The van der Waals surface area contributed by atoms with Gasteiger partial charge in [-0.2, -0.15) is 0 Å². The quantitative estimate of drug-likeness (QED) is 0.675. The second kappa shape index (κ2) is 3.01. The molecule has 2 rings (SSSR count). The zero-order chi connectivity index (χ0) is 10.3. The van der Waals surface area contributed by atoms with Gasteiger partial charge in [-0.25, -0.2) is 0 Å². The van der Waals surface area contributed by atoms with Gasteiger partial charge in [0.15, 0.2) is 0 Å². The van der Waals surface area contributed by atoms with Crippen molar-refractivity contribution < 1.29 is 0 Å². The molecule has 1 heteroatoms. The number of fused-ring (bicyclic) bond motifs is 1. The first-order valence-electron chi connectivity index (χ1n) is 5.45. The Morgan fingerprint density at radius 1 is 1.43 bits per heavy atom.